The summed E-state index contributed by atoms with van der Waals surface area (Å²) in [5.41, 5.74) is 0.0120. The lowest BCUT2D eigenvalue weighted by molar-refractivity contribution is -0.120. The number of ketones is 1. The fraction of sp³-hybridized carbons (Fsp3) is 0.333. The van der Waals surface area contributed by atoms with Gasteiger partial charge >= 0.3 is 0 Å². The third kappa shape index (κ3) is 4.36. The zero-order valence-corrected chi connectivity index (χ0v) is 18.7. The molecule has 170 valence electrons. The molecule has 1 aliphatic rings. The number of benzene rings is 1. The highest BCUT2D eigenvalue weighted by Gasteiger charge is 2.45. The van der Waals surface area contributed by atoms with E-state index in [0.717, 1.165) is 6.07 Å². The largest absolute Gasteiger partial charge is 0.393 e. The predicted molar refractivity (Wildman–Crippen MR) is 118 cm³/mol. The van der Waals surface area contributed by atoms with Gasteiger partial charge in [-0.1, -0.05) is 5.92 Å². The summed E-state index contributed by atoms with van der Waals surface area (Å²) in [5, 5.41) is 23.9. The van der Waals surface area contributed by atoms with E-state index < -0.39 is 35.1 Å². The molecule has 3 N–H and O–H groups in total. The molecule has 9 heteroatoms. The Labute approximate surface area is 190 Å². The van der Waals surface area contributed by atoms with Gasteiger partial charge in [-0.05, 0) is 44.5 Å². The molecule has 1 aliphatic carbocycles. The maximum Gasteiger partial charge on any atom is 0.293 e. The van der Waals surface area contributed by atoms with E-state index in [2.05, 4.69) is 22.5 Å². The van der Waals surface area contributed by atoms with Crippen molar-refractivity contribution in [1.29, 1.82) is 5.26 Å². The third-order valence-corrected chi connectivity index (χ3v) is 5.81. The highest BCUT2D eigenvalue weighted by atomic mass is 19.1. The van der Waals surface area contributed by atoms with Crippen molar-refractivity contribution in [1.82, 2.24) is 9.88 Å². The molecule has 2 amide bonds. The molecule has 0 unspecified atom stereocenters. The van der Waals surface area contributed by atoms with Crippen LogP contribution in [0.3, 0.4) is 0 Å². The van der Waals surface area contributed by atoms with Crippen LogP contribution in [-0.4, -0.2) is 38.9 Å². The van der Waals surface area contributed by atoms with E-state index >= 15 is 0 Å². The molecule has 8 nitrogen and oxygen atoms in total. The smallest absolute Gasteiger partial charge is 0.293 e. The summed E-state index contributed by atoms with van der Waals surface area (Å²) in [4.78, 5) is 38.7. The second-order valence-corrected chi connectivity index (χ2v) is 8.06. The topological polar surface area (TPSA) is 124 Å². The van der Waals surface area contributed by atoms with Crippen molar-refractivity contribution in [2.75, 3.05) is 5.32 Å². The Morgan fingerprint density at radius 1 is 1.27 bits per heavy atom. The van der Waals surface area contributed by atoms with Gasteiger partial charge in [0.05, 0.1) is 17.2 Å². The maximum absolute atomic E-state index is 13.6. The van der Waals surface area contributed by atoms with Gasteiger partial charge in [0.15, 0.2) is 0 Å². The van der Waals surface area contributed by atoms with Crippen molar-refractivity contribution < 1.29 is 23.9 Å². The van der Waals surface area contributed by atoms with Gasteiger partial charge in [0, 0.05) is 31.3 Å². The van der Waals surface area contributed by atoms with Gasteiger partial charge in [-0.2, -0.15) is 5.26 Å². The molecule has 0 saturated heterocycles. The van der Waals surface area contributed by atoms with Gasteiger partial charge in [0.1, 0.15) is 23.1 Å². The molecular formula is C24H23FN4O4. The first-order valence-corrected chi connectivity index (χ1v) is 10.2. The highest BCUT2D eigenvalue weighted by Crippen LogP contribution is 2.32. The van der Waals surface area contributed by atoms with Crippen LogP contribution in [0, 0.1) is 42.8 Å². The van der Waals surface area contributed by atoms with Crippen LogP contribution in [0.4, 0.5) is 10.1 Å². The first-order chi connectivity index (χ1) is 15.5. The number of nitrogens with one attached hydrogen (secondary N) is 2. The second-order valence-electron chi connectivity index (χ2n) is 8.06. The lowest BCUT2D eigenvalue weighted by Gasteiger charge is -2.41. The van der Waals surface area contributed by atoms with Crippen LogP contribution in [0.25, 0.3) is 0 Å². The van der Waals surface area contributed by atoms with Gasteiger partial charge < -0.3 is 20.3 Å². The van der Waals surface area contributed by atoms with E-state index in [1.54, 1.807) is 33.9 Å². The summed E-state index contributed by atoms with van der Waals surface area (Å²) >= 11 is 0. The number of aromatic nitrogens is 1. The summed E-state index contributed by atoms with van der Waals surface area (Å²) in [6.45, 7) is 4.78. The molecule has 0 radical (unpaired) electrons. The lowest BCUT2D eigenvalue weighted by Crippen LogP contribution is -2.59. The van der Waals surface area contributed by atoms with Crippen molar-refractivity contribution in [3.63, 3.8) is 0 Å². The molecular weight excluding hydrogens is 427 g/mol. The van der Waals surface area contributed by atoms with Crippen molar-refractivity contribution in [3.05, 3.63) is 52.1 Å². The molecule has 0 bridgehead atoms. The Bertz CT molecular complexity index is 1270. The maximum atomic E-state index is 13.6. The number of carbonyl (C=O) groups excluding carboxylic acids is 3. The fourth-order valence-electron chi connectivity index (χ4n) is 4.12. The molecule has 0 atom stereocenters. The van der Waals surface area contributed by atoms with Gasteiger partial charge in [0.25, 0.3) is 17.6 Å². The number of anilines is 1. The number of hydrogen-bond acceptors (Lipinski definition) is 5. The van der Waals surface area contributed by atoms with E-state index in [9.17, 15) is 23.9 Å². The predicted octanol–water partition coefficient (Wildman–Crippen LogP) is 2.12. The Hall–Kier alpha value is -3.95. The van der Waals surface area contributed by atoms with Gasteiger partial charge in [-0.3, -0.25) is 14.4 Å². The summed E-state index contributed by atoms with van der Waals surface area (Å²) in [7, 11) is 1.59. The second kappa shape index (κ2) is 8.89. The highest BCUT2D eigenvalue weighted by molar-refractivity contribution is 6.44. The van der Waals surface area contributed by atoms with Crippen LogP contribution in [-0.2, 0) is 11.8 Å². The van der Waals surface area contributed by atoms with Gasteiger partial charge in [-0.25, -0.2) is 4.39 Å². The number of amides is 2. The number of nitriles is 1. The number of hydrogen-bond donors (Lipinski definition) is 3. The Morgan fingerprint density at radius 3 is 2.52 bits per heavy atom. The van der Waals surface area contributed by atoms with Crippen molar-refractivity contribution in [2.24, 2.45) is 7.05 Å². The number of rotatable bonds is 5. The Balaban J connectivity index is 1.87. The number of Topliss-reactive ketones (excluding diaryl/α,β-unsaturated/α-hetero) is 1. The van der Waals surface area contributed by atoms with Crippen LogP contribution >= 0.6 is 0 Å². The molecule has 1 heterocycles. The van der Waals surface area contributed by atoms with Crippen LogP contribution in [0.15, 0.2) is 18.2 Å². The standard InChI is InChI=1S/C24H23FN4O4/c1-5-8-24(10-17(30)11-24)28-23(33)21(31)19-13(2)20(29(4)14(19)3)22(32)27-16-6-7-18(25)15(9-16)12-26/h6-7,9,17,30H,10-11H2,1-4H3,(H,27,32)(H,28,33). The van der Waals surface area contributed by atoms with Crippen LogP contribution in [0.1, 0.15) is 57.4 Å². The minimum Gasteiger partial charge on any atom is -0.393 e. The number of aliphatic hydroxyl groups is 1. The monoisotopic (exact) mass is 450 g/mol. The molecule has 1 aromatic carbocycles. The lowest BCUT2D eigenvalue weighted by atomic mass is 9.74. The van der Waals surface area contributed by atoms with Gasteiger partial charge in [-0.15, -0.1) is 5.92 Å². The van der Waals surface area contributed by atoms with E-state index in [4.69, 9.17) is 5.26 Å². The Morgan fingerprint density at radius 2 is 1.94 bits per heavy atom. The summed E-state index contributed by atoms with van der Waals surface area (Å²) in [6.07, 6.45) is -0.129. The van der Waals surface area contributed by atoms with E-state index in [0.29, 0.717) is 11.3 Å². The molecule has 3 rings (SSSR count). The average molecular weight is 450 g/mol. The molecule has 33 heavy (non-hydrogen) atoms. The quantitative estimate of drug-likeness (QED) is 0.366. The number of carbonyl (C=O) groups is 3. The zero-order valence-electron chi connectivity index (χ0n) is 18.7. The van der Waals surface area contributed by atoms with Crippen LogP contribution in [0.2, 0.25) is 0 Å². The van der Waals surface area contributed by atoms with Gasteiger partial charge in [0.2, 0.25) is 0 Å². The number of halogens is 1. The van der Waals surface area contributed by atoms with Crippen molar-refractivity contribution >= 4 is 23.3 Å². The van der Waals surface area contributed by atoms with Crippen LogP contribution in [0.5, 0.6) is 0 Å². The number of nitrogens with zero attached hydrogens (tertiary/aromatic N) is 2. The minimum absolute atomic E-state index is 0.0939. The molecule has 1 fully saturated rings. The molecule has 0 spiro atoms. The third-order valence-electron chi connectivity index (χ3n) is 5.81. The minimum atomic E-state index is -0.946. The first-order valence-electron chi connectivity index (χ1n) is 10.2. The van der Waals surface area contributed by atoms with E-state index in [1.807, 2.05) is 0 Å². The molecule has 1 aromatic heterocycles. The molecule has 0 aliphatic heterocycles. The number of aliphatic hydroxyl groups excluding tert-OH is 1. The fourth-order valence-corrected chi connectivity index (χ4v) is 4.12. The molecule has 1 saturated carbocycles. The molecule has 2 aromatic rings. The summed E-state index contributed by atoms with van der Waals surface area (Å²) in [5.74, 6) is 2.60. The van der Waals surface area contributed by atoms with E-state index in [-0.39, 0.29) is 35.3 Å². The van der Waals surface area contributed by atoms with E-state index in [1.165, 1.54) is 16.7 Å². The zero-order chi connectivity index (χ0) is 24.5. The normalized spacial score (nSPS) is 18.9. The van der Waals surface area contributed by atoms with Crippen LogP contribution < -0.4 is 10.6 Å². The first kappa shape index (κ1) is 23.7. The Kier molecular flexibility index (Phi) is 6.39. The van der Waals surface area contributed by atoms with Crippen molar-refractivity contribution in [3.8, 4) is 17.9 Å². The average Bonchev–Trinajstić information content (AvgIpc) is 2.96. The summed E-state index contributed by atoms with van der Waals surface area (Å²) in [6, 6.07) is 5.31. The van der Waals surface area contributed by atoms with Crippen molar-refractivity contribution in [2.45, 2.75) is 45.3 Å². The SMILES string of the molecule is CC#CC1(NC(=O)C(=O)c2c(C)c(C(=O)Nc3ccc(F)c(C#N)c3)n(C)c2C)CC(O)C1. The summed E-state index contributed by atoms with van der Waals surface area (Å²) < 4.78 is 15.1.